The molecule has 1 aromatic carbocycles. The zero-order valence-electron chi connectivity index (χ0n) is 27.3. The van der Waals surface area contributed by atoms with E-state index in [1.807, 2.05) is 48.5 Å². The average Bonchev–Trinajstić information content (AvgIpc) is 2.85. The number of benzene rings is 1. The molecule has 5 nitrogen and oxygen atoms in total. The highest BCUT2D eigenvalue weighted by Crippen LogP contribution is 2.41. The van der Waals surface area contributed by atoms with Gasteiger partial charge in [-0.05, 0) is 94.2 Å². The number of nitrogens with zero attached hydrogens (tertiary/aromatic N) is 3. The summed E-state index contributed by atoms with van der Waals surface area (Å²) >= 11 is 0. The van der Waals surface area contributed by atoms with Crippen molar-refractivity contribution in [3.05, 3.63) is 81.7 Å². The number of pyridine rings is 1. The molecule has 1 heterocycles. The van der Waals surface area contributed by atoms with Crippen LogP contribution in [-0.4, -0.2) is 40.8 Å². The Bertz CT molecular complexity index is 1400. The van der Waals surface area contributed by atoms with Crippen molar-refractivity contribution in [3.63, 3.8) is 0 Å². The molecule has 0 aliphatic rings. The molecule has 0 saturated carbocycles. The maximum Gasteiger partial charge on any atom is 0.416 e. The van der Waals surface area contributed by atoms with Gasteiger partial charge in [-0.3, -0.25) is 4.98 Å². The predicted molar refractivity (Wildman–Crippen MR) is 167 cm³/mol. The second kappa shape index (κ2) is 13.8. The van der Waals surface area contributed by atoms with Crippen LogP contribution in [0.15, 0.2) is 42.6 Å². The first-order chi connectivity index (χ1) is 19.6. The molecule has 0 fully saturated rings. The lowest BCUT2D eigenvalue weighted by Crippen LogP contribution is -2.41. The number of ether oxygens (including phenoxy) is 1. The van der Waals surface area contributed by atoms with Crippen LogP contribution in [0.5, 0.6) is 0 Å². The summed E-state index contributed by atoms with van der Waals surface area (Å²) in [6.45, 7) is 23.3. The number of hydrogen-bond acceptors (Lipinski definition) is 4. The lowest BCUT2D eigenvalue weighted by Gasteiger charge is -2.32. The van der Waals surface area contributed by atoms with Crippen molar-refractivity contribution in [3.8, 4) is 6.07 Å². The third kappa shape index (κ3) is 10.6. The molecule has 8 heteroatoms. The van der Waals surface area contributed by atoms with E-state index in [1.54, 1.807) is 50.1 Å². The smallest absolute Gasteiger partial charge is 0.416 e. The highest BCUT2D eigenvalue weighted by molar-refractivity contribution is 5.75. The Morgan fingerprint density at radius 3 is 2.28 bits per heavy atom. The second-order valence-corrected chi connectivity index (χ2v) is 13.6. The average molecular weight is 598 g/mol. The molecule has 0 bridgehead atoms. The zero-order valence-corrected chi connectivity index (χ0v) is 27.3. The number of aromatic nitrogens is 1. The normalized spacial score (nSPS) is 13.3. The van der Waals surface area contributed by atoms with Crippen LogP contribution in [0, 0.1) is 37.5 Å². The quantitative estimate of drug-likeness (QED) is 0.270. The van der Waals surface area contributed by atoms with Crippen molar-refractivity contribution in [1.82, 2.24) is 9.88 Å². The maximum absolute atomic E-state index is 14.8. The third-order valence-corrected chi connectivity index (χ3v) is 6.96. The van der Waals surface area contributed by atoms with E-state index in [9.17, 15) is 23.2 Å². The Kier molecular flexibility index (Phi) is 11.4. The minimum Gasteiger partial charge on any atom is -0.444 e. The number of allylic oxidation sites excluding steroid dienone is 2. The summed E-state index contributed by atoms with van der Waals surface area (Å²) in [5.41, 5.74) is 2.42. The van der Waals surface area contributed by atoms with Gasteiger partial charge in [0.15, 0.2) is 0 Å². The molecule has 234 valence electrons. The van der Waals surface area contributed by atoms with Crippen LogP contribution < -0.4 is 0 Å². The first kappa shape index (κ1) is 35.6. The zero-order chi connectivity index (χ0) is 32.9. The number of rotatable bonds is 9. The summed E-state index contributed by atoms with van der Waals surface area (Å²) < 4.78 is 49.9. The lowest BCUT2D eigenvalue weighted by atomic mass is 9.87. The molecule has 1 atom stereocenters. The van der Waals surface area contributed by atoms with Gasteiger partial charge in [-0.25, -0.2) is 4.79 Å². The molecule has 1 amide bonds. The first-order valence-electron chi connectivity index (χ1n) is 14.5. The topological polar surface area (TPSA) is 66.2 Å². The lowest BCUT2D eigenvalue weighted by molar-refractivity contribution is -0.0692. The van der Waals surface area contributed by atoms with Crippen molar-refractivity contribution in [2.24, 2.45) is 5.41 Å². The molecule has 0 radical (unpaired) electrons. The number of carbonyl (C=O) groups excluding carboxylic acids is 1. The molecule has 2 rings (SSSR count). The molecular formula is C35H46F3N3O2. The number of alkyl halides is 3. The van der Waals surface area contributed by atoms with Gasteiger partial charge in [-0.1, -0.05) is 52.0 Å². The van der Waals surface area contributed by atoms with E-state index in [0.717, 1.165) is 5.56 Å². The second-order valence-electron chi connectivity index (χ2n) is 13.6. The van der Waals surface area contributed by atoms with E-state index >= 15 is 0 Å². The van der Waals surface area contributed by atoms with E-state index < -0.39 is 29.4 Å². The van der Waals surface area contributed by atoms with Crippen molar-refractivity contribution in [2.75, 3.05) is 13.1 Å². The first-order valence-corrected chi connectivity index (χ1v) is 14.5. The van der Waals surface area contributed by atoms with Gasteiger partial charge in [0.2, 0.25) is 0 Å². The van der Waals surface area contributed by atoms with Gasteiger partial charge in [0.05, 0.1) is 17.2 Å². The number of carbonyl (C=O) groups is 1. The number of hydrogen-bond donors (Lipinski definition) is 0. The highest BCUT2D eigenvalue weighted by Gasteiger charge is 2.38. The third-order valence-electron chi connectivity index (χ3n) is 6.96. The Morgan fingerprint density at radius 1 is 1.12 bits per heavy atom. The van der Waals surface area contributed by atoms with Gasteiger partial charge in [0.25, 0.3) is 0 Å². The van der Waals surface area contributed by atoms with E-state index in [1.165, 1.54) is 6.08 Å². The number of halogens is 3. The van der Waals surface area contributed by atoms with Crippen LogP contribution in [0.3, 0.4) is 0 Å². The SMILES string of the molecule is C=C(CCN(CC(C)(C)C)C(=O)OC(C)(C)C)Cc1c(C)cnc(C)c1/C(=C\C(C)c1cc(C#N)ccc1C)C(F)(F)F. The molecule has 2 aromatic rings. The van der Waals surface area contributed by atoms with Crippen molar-refractivity contribution < 1.29 is 22.7 Å². The number of amides is 1. The summed E-state index contributed by atoms with van der Waals surface area (Å²) in [6.07, 6.45) is -1.66. The molecule has 43 heavy (non-hydrogen) atoms. The number of nitriles is 1. The summed E-state index contributed by atoms with van der Waals surface area (Å²) in [4.78, 5) is 18.9. The van der Waals surface area contributed by atoms with Crippen molar-refractivity contribution in [1.29, 1.82) is 5.26 Å². The van der Waals surface area contributed by atoms with Crippen molar-refractivity contribution >= 4 is 11.7 Å². The van der Waals surface area contributed by atoms with E-state index in [4.69, 9.17) is 4.74 Å². The van der Waals surface area contributed by atoms with Gasteiger partial charge in [-0.2, -0.15) is 18.4 Å². The van der Waals surface area contributed by atoms with E-state index in [2.05, 4.69) is 17.6 Å². The van der Waals surface area contributed by atoms with Crippen LogP contribution in [0.1, 0.15) is 99.9 Å². The van der Waals surface area contributed by atoms with Gasteiger partial charge in [0, 0.05) is 36.5 Å². The van der Waals surface area contributed by atoms with E-state index in [-0.39, 0.29) is 23.1 Å². The molecule has 1 unspecified atom stereocenters. The highest BCUT2D eigenvalue weighted by atomic mass is 19.4. The number of aryl methyl sites for hydroxylation is 3. The summed E-state index contributed by atoms with van der Waals surface area (Å²) in [5.74, 6) is -0.610. The van der Waals surface area contributed by atoms with Gasteiger partial charge in [0.1, 0.15) is 5.60 Å². The van der Waals surface area contributed by atoms with E-state index in [0.29, 0.717) is 47.3 Å². The fourth-order valence-corrected chi connectivity index (χ4v) is 4.96. The molecule has 0 N–H and O–H groups in total. The van der Waals surface area contributed by atoms with Crippen LogP contribution in [0.25, 0.3) is 5.57 Å². The maximum atomic E-state index is 14.8. The fraction of sp³-hybridized carbons (Fsp3) is 0.514. The Labute approximate surface area is 255 Å². The Balaban J connectivity index is 2.48. The Morgan fingerprint density at radius 2 is 1.74 bits per heavy atom. The minimum absolute atomic E-state index is 0.0493. The van der Waals surface area contributed by atoms with Gasteiger partial charge >= 0.3 is 12.3 Å². The Hall–Kier alpha value is -3.60. The molecule has 0 aliphatic heterocycles. The fourth-order valence-electron chi connectivity index (χ4n) is 4.96. The van der Waals surface area contributed by atoms with Crippen LogP contribution in [0.2, 0.25) is 0 Å². The molecular weight excluding hydrogens is 551 g/mol. The molecule has 0 aliphatic carbocycles. The summed E-state index contributed by atoms with van der Waals surface area (Å²) in [7, 11) is 0. The van der Waals surface area contributed by atoms with Crippen LogP contribution >= 0.6 is 0 Å². The standard InChI is InChI=1S/C35H46F3N3O2/c1-22(14-15-41(21-33(6,7)8)32(42)43-34(9,10)11)16-29-25(4)20-40-26(5)31(29)30(35(36,37)38)17-24(3)28-18-27(19-39)13-12-23(28)2/h12-13,17-18,20,24H,1,14-16,21H2,2-11H3/b30-17+. The monoisotopic (exact) mass is 597 g/mol. The van der Waals surface area contributed by atoms with Crippen LogP contribution in [-0.2, 0) is 11.2 Å². The largest absolute Gasteiger partial charge is 0.444 e. The van der Waals surface area contributed by atoms with Crippen molar-refractivity contribution in [2.45, 2.75) is 99.8 Å². The van der Waals surface area contributed by atoms with Gasteiger partial charge in [-0.15, -0.1) is 0 Å². The minimum atomic E-state index is -4.65. The predicted octanol–water partition coefficient (Wildman–Crippen LogP) is 9.40. The van der Waals surface area contributed by atoms with Gasteiger partial charge < -0.3 is 9.64 Å². The summed E-state index contributed by atoms with van der Waals surface area (Å²) in [5, 5.41) is 9.33. The molecule has 1 aromatic heterocycles. The molecule has 0 saturated heterocycles. The van der Waals surface area contributed by atoms with Crippen LogP contribution in [0.4, 0.5) is 18.0 Å². The molecule has 0 spiro atoms. The summed E-state index contributed by atoms with van der Waals surface area (Å²) in [6, 6.07) is 7.12.